The average molecular weight is 182 g/mol. The first-order chi connectivity index (χ1) is 5.43. The lowest BCUT2D eigenvalue weighted by Crippen LogP contribution is -2.19. The predicted octanol–water partition coefficient (Wildman–Crippen LogP) is 3.35. The third-order valence-corrected chi connectivity index (χ3v) is 2.62. The maximum absolute atomic E-state index is 5.34. The van der Waals surface area contributed by atoms with E-state index in [-0.39, 0.29) is 5.41 Å². The van der Waals surface area contributed by atoms with E-state index in [0.717, 1.165) is 16.2 Å². The molecule has 0 saturated heterocycles. The van der Waals surface area contributed by atoms with Gasteiger partial charge in [-0.05, 0) is 18.4 Å². The van der Waals surface area contributed by atoms with E-state index in [1.165, 1.54) is 0 Å². The highest BCUT2D eigenvalue weighted by Gasteiger charge is 2.20. The lowest BCUT2D eigenvalue weighted by molar-refractivity contribution is 0.531. The Hall–Kier alpha value is -0.630. The van der Waals surface area contributed by atoms with Gasteiger partial charge in [0.1, 0.15) is 5.76 Å². The second-order valence-corrected chi connectivity index (χ2v) is 4.38. The van der Waals surface area contributed by atoms with Crippen molar-refractivity contribution in [2.24, 2.45) is 5.41 Å². The molecular weight excluding hydrogens is 168 g/mol. The molecule has 2 heteroatoms. The Morgan fingerprint density at radius 3 is 2.33 bits per heavy atom. The Morgan fingerprint density at radius 1 is 1.42 bits per heavy atom. The fraction of sp³-hybridized carbons (Fsp3) is 0.500. The van der Waals surface area contributed by atoms with Crippen molar-refractivity contribution in [3.63, 3.8) is 0 Å². The predicted molar refractivity (Wildman–Crippen MR) is 54.6 cm³/mol. The summed E-state index contributed by atoms with van der Waals surface area (Å²) in [7, 11) is 0. The Morgan fingerprint density at radius 2 is 2.00 bits per heavy atom. The molecule has 1 aromatic rings. The van der Waals surface area contributed by atoms with E-state index in [2.05, 4.69) is 20.8 Å². The van der Waals surface area contributed by atoms with Crippen molar-refractivity contribution in [2.75, 3.05) is 0 Å². The van der Waals surface area contributed by atoms with Crippen molar-refractivity contribution in [1.82, 2.24) is 0 Å². The topological polar surface area (TPSA) is 13.1 Å². The van der Waals surface area contributed by atoms with E-state index in [9.17, 15) is 0 Å². The van der Waals surface area contributed by atoms with Gasteiger partial charge in [0.25, 0.3) is 0 Å². The lowest BCUT2D eigenvalue weighted by Gasteiger charge is -2.19. The monoisotopic (exact) mass is 182 g/mol. The summed E-state index contributed by atoms with van der Waals surface area (Å²) in [5.74, 6) is 0.912. The quantitative estimate of drug-likeness (QED) is 0.488. The van der Waals surface area contributed by atoms with Crippen LogP contribution in [0.15, 0.2) is 16.7 Å². The van der Waals surface area contributed by atoms with Crippen molar-refractivity contribution in [3.8, 4) is 0 Å². The van der Waals surface area contributed by atoms with E-state index in [1.807, 2.05) is 13.0 Å². The molecule has 0 atom stereocenters. The van der Waals surface area contributed by atoms with E-state index in [1.54, 1.807) is 6.26 Å². The van der Waals surface area contributed by atoms with Crippen LogP contribution in [0.25, 0.3) is 0 Å². The third kappa shape index (κ3) is 1.75. The van der Waals surface area contributed by atoms with E-state index >= 15 is 0 Å². The van der Waals surface area contributed by atoms with Gasteiger partial charge in [0, 0.05) is 10.4 Å². The summed E-state index contributed by atoms with van der Waals surface area (Å²) in [5.41, 5.74) is 1.11. The summed E-state index contributed by atoms with van der Waals surface area (Å²) < 4.78 is 5.19. The molecule has 0 aliphatic heterocycles. The van der Waals surface area contributed by atoms with E-state index in [0.29, 0.717) is 0 Å². The molecule has 0 radical (unpaired) electrons. The maximum Gasteiger partial charge on any atom is 0.109 e. The molecule has 0 aromatic carbocycles. The van der Waals surface area contributed by atoms with Crippen molar-refractivity contribution in [3.05, 3.63) is 23.7 Å². The van der Waals surface area contributed by atoms with Gasteiger partial charge in [-0.25, -0.2) is 0 Å². The zero-order valence-electron chi connectivity index (χ0n) is 7.97. The summed E-state index contributed by atoms with van der Waals surface area (Å²) in [6.07, 6.45) is 1.68. The van der Waals surface area contributed by atoms with Crippen LogP contribution >= 0.6 is 12.2 Å². The second kappa shape index (κ2) is 3.02. The van der Waals surface area contributed by atoms with Crippen LogP contribution in [-0.2, 0) is 0 Å². The Kier molecular flexibility index (Phi) is 2.38. The standard InChI is InChI=1S/C10H14OS/c1-7-8(5-6-11-7)9(12)10(2,3)4/h5-6H,1-4H3. The molecule has 1 heterocycles. The molecular formula is C10H14OS. The Bertz CT molecular complexity index is 291. The number of aryl methyl sites for hydroxylation is 1. The first-order valence-electron chi connectivity index (χ1n) is 4.02. The highest BCUT2D eigenvalue weighted by molar-refractivity contribution is 7.81. The van der Waals surface area contributed by atoms with Gasteiger partial charge in [-0.2, -0.15) is 0 Å². The third-order valence-electron chi connectivity index (χ3n) is 1.78. The van der Waals surface area contributed by atoms with Gasteiger partial charge in [-0.15, -0.1) is 0 Å². The number of hydrogen-bond donors (Lipinski definition) is 0. The smallest absolute Gasteiger partial charge is 0.109 e. The first kappa shape index (κ1) is 9.46. The minimum absolute atomic E-state index is 0.0456. The first-order valence-corrected chi connectivity index (χ1v) is 4.42. The zero-order valence-corrected chi connectivity index (χ0v) is 8.79. The van der Waals surface area contributed by atoms with Crippen LogP contribution < -0.4 is 0 Å². The van der Waals surface area contributed by atoms with Gasteiger partial charge in [-0.1, -0.05) is 33.0 Å². The van der Waals surface area contributed by atoms with Crippen LogP contribution in [0.4, 0.5) is 0 Å². The van der Waals surface area contributed by atoms with Crippen molar-refractivity contribution < 1.29 is 4.42 Å². The molecule has 12 heavy (non-hydrogen) atoms. The van der Waals surface area contributed by atoms with Gasteiger partial charge in [-0.3, -0.25) is 0 Å². The molecule has 66 valence electrons. The fourth-order valence-corrected chi connectivity index (χ4v) is 1.24. The van der Waals surface area contributed by atoms with Crippen molar-refractivity contribution >= 4 is 17.1 Å². The van der Waals surface area contributed by atoms with Gasteiger partial charge >= 0.3 is 0 Å². The van der Waals surface area contributed by atoms with Crippen LogP contribution in [0.5, 0.6) is 0 Å². The summed E-state index contributed by atoms with van der Waals surface area (Å²) in [5, 5.41) is 0. The lowest BCUT2D eigenvalue weighted by atomic mass is 9.88. The molecule has 1 rings (SSSR count). The van der Waals surface area contributed by atoms with Gasteiger partial charge in [0.05, 0.1) is 6.26 Å². The summed E-state index contributed by atoms with van der Waals surface area (Å²) in [6.45, 7) is 8.28. The maximum atomic E-state index is 5.34. The molecule has 0 fully saturated rings. The summed E-state index contributed by atoms with van der Waals surface area (Å²) >= 11 is 5.34. The largest absolute Gasteiger partial charge is 0.469 e. The average Bonchev–Trinajstić information content (AvgIpc) is 2.31. The normalized spacial score (nSPS) is 11.7. The molecule has 0 N–H and O–H groups in total. The zero-order chi connectivity index (χ0) is 9.35. The molecule has 0 amide bonds. The van der Waals surface area contributed by atoms with Crippen LogP contribution in [0, 0.1) is 12.3 Å². The molecule has 0 aliphatic carbocycles. The SMILES string of the molecule is Cc1occc1C(=S)C(C)(C)C. The fourth-order valence-electron chi connectivity index (χ4n) is 1.02. The molecule has 0 spiro atoms. The van der Waals surface area contributed by atoms with E-state index < -0.39 is 0 Å². The van der Waals surface area contributed by atoms with Crippen LogP contribution in [0.1, 0.15) is 32.1 Å². The molecule has 1 nitrogen and oxygen atoms in total. The van der Waals surface area contributed by atoms with Gasteiger partial charge in [0.15, 0.2) is 0 Å². The minimum Gasteiger partial charge on any atom is -0.469 e. The number of furan rings is 1. The van der Waals surface area contributed by atoms with Crippen LogP contribution in [-0.4, -0.2) is 4.86 Å². The molecule has 1 aromatic heterocycles. The van der Waals surface area contributed by atoms with Crippen molar-refractivity contribution in [2.45, 2.75) is 27.7 Å². The Labute approximate surface area is 78.8 Å². The highest BCUT2D eigenvalue weighted by Crippen LogP contribution is 2.24. The van der Waals surface area contributed by atoms with Gasteiger partial charge in [0.2, 0.25) is 0 Å². The molecule has 0 bridgehead atoms. The van der Waals surface area contributed by atoms with E-state index in [4.69, 9.17) is 16.6 Å². The number of hydrogen-bond acceptors (Lipinski definition) is 2. The molecule has 0 saturated carbocycles. The van der Waals surface area contributed by atoms with Gasteiger partial charge < -0.3 is 4.42 Å². The minimum atomic E-state index is 0.0456. The highest BCUT2D eigenvalue weighted by atomic mass is 32.1. The number of thiocarbonyl (C=S) groups is 1. The molecule has 0 aliphatic rings. The summed E-state index contributed by atoms with van der Waals surface area (Å²) in [6, 6.07) is 1.93. The summed E-state index contributed by atoms with van der Waals surface area (Å²) in [4.78, 5) is 0.966. The molecule has 0 unspecified atom stereocenters. The van der Waals surface area contributed by atoms with Crippen molar-refractivity contribution in [1.29, 1.82) is 0 Å². The number of rotatable bonds is 1. The van der Waals surface area contributed by atoms with Crippen LogP contribution in [0.3, 0.4) is 0 Å². The second-order valence-electron chi connectivity index (χ2n) is 3.97. The van der Waals surface area contributed by atoms with Crippen LogP contribution in [0.2, 0.25) is 0 Å². The Balaban J connectivity index is 3.01.